The Bertz CT molecular complexity index is 305. The minimum atomic E-state index is -1.05. The minimum absolute atomic E-state index is 0.150. The van der Waals surface area contributed by atoms with E-state index in [1.165, 1.54) is 4.90 Å². The van der Waals surface area contributed by atoms with Crippen LogP contribution < -0.4 is 0 Å². The normalized spacial score (nSPS) is 10.4. The molecule has 0 saturated heterocycles. The van der Waals surface area contributed by atoms with Crippen LogP contribution in [-0.2, 0) is 14.3 Å². The molecule has 0 aliphatic rings. The second kappa shape index (κ2) is 6.11. The van der Waals surface area contributed by atoms with Gasteiger partial charge in [-0.15, -0.1) is 0 Å². The van der Waals surface area contributed by atoms with Crippen molar-refractivity contribution in [3.63, 3.8) is 0 Å². The van der Waals surface area contributed by atoms with Gasteiger partial charge in [0, 0.05) is 13.6 Å². The summed E-state index contributed by atoms with van der Waals surface area (Å²) in [7, 11) is 1.57. The van der Waals surface area contributed by atoms with Gasteiger partial charge in [0.25, 0.3) is 0 Å². The molecule has 0 saturated carbocycles. The lowest BCUT2D eigenvalue weighted by Crippen LogP contribution is -2.38. The molecule has 1 amide bonds. The van der Waals surface area contributed by atoms with Gasteiger partial charge in [0.15, 0.2) is 0 Å². The molecule has 0 radical (unpaired) electrons. The van der Waals surface area contributed by atoms with E-state index in [0.717, 1.165) is 0 Å². The quantitative estimate of drug-likeness (QED) is 0.654. The van der Waals surface area contributed by atoms with Crippen molar-refractivity contribution in [1.82, 2.24) is 4.90 Å². The lowest BCUT2D eigenvalue weighted by Gasteiger charge is -2.23. The van der Waals surface area contributed by atoms with E-state index in [2.05, 4.69) is 0 Å². The maximum Gasteiger partial charge on any atom is 0.307 e. The molecule has 0 aromatic heterocycles. The van der Waals surface area contributed by atoms with Crippen LogP contribution >= 0.6 is 0 Å². The first-order valence-electron chi connectivity index (χ1n) is 5.17. The highest BCUT2D eigenvalue weighted by Crippen LogP contribution is 2.16. The number of rotatable bonds is 5. The average Bonchev–Trinajstić information content (AvgIpc) is 2.25. The summed E-state index contributed by atoms with van der Waals surface area (Å²) in [5.41, 5.74) is -1.05. The van der Waals surface area contributed by atoms with Crippen LogP contribution in [0.3, 0.4) is 0 Å². The zero-order valence-electron chi connectivity index (χ0n) is 10.2. The van der Waals surface area contributed by atoms with Crippen molar-refractivity contribution in [3.8, 4) is 6.07 Å². The summed E-state index contributed by atoms with van der Waals surface area (Å²) in [5, 5.41) is 8.79. The third kappa shape index (κ3) is 4.30. The smallest absolute Gasteiger partial charge is 0.307 e. The molecular weight excluding hydrogens is 208 g/mol. The molecule has 16 heavy (non-hydrogen) atoms. The first-order valence-corrected chi connectivity index (χ1v) is 5.17. The number of nitriles is 1. The van der Waals surface area contributed by atoms with Crippen LogP contribution in [0, 0.1) is 16.7 Å². The van der Waals surface area contributed by atoms with Gasteiger partial charge in [-0.1, -0.05) is 0 Å². The third-order valence-corrected chi connectivity index (χ3v) is 2.12. The standard InChI is InChI=1S/C11H18N2O3/c1-5-16-9(14)6-7-13(4)10(15)11(2,3)8-12/h5-7H2,1-4H3. The Morgan fingerprint density at radius 2 is 2.00 bits per heavy atom. The SMILES string of the molecule is CCOC(=O)CCN(C)C(=O)C(C)(C)C#N. The Balaban J connectivity index is 4.18. The van der Waals surface area contributed by atoms with E-state index in [1.807, 2.05) is 6.07 Å². The predicted octanol–water partition coefficient (Wildman–Crippen LogP) is 0.948. The van der Waals surface area contributed by atoms with Crippen LogP contribution in [0.5, 0.6) is 0 Å². The number of carbonyl (C=O) groups excluding carboxylic acids is 2. The molecule has 0 aromatic rings. The zero-order valence-corrected chi connectivity index (χ0v) is 10.2. The van der Waals surface area contributed by atoms with Crippen molar-refractivity contribution in [3.05, 3.63) is 0 Å². The third-order valence-electron chi connectivity index (χ3n) is 2.12. The van der Waals surface area contributed by atoms with Crippen LogP contribution in [0.25, 0.3) is 0 Å². The zero-order chi connectivity index (χ0) is 12.8. The Morgan fingerprint density at radius 1 is 1.44 bits per heavy atom. The summed E-state index contributed by atoms with van der Waals surface area (Å²) in [4.78, 5) is 24.2. The van der Waals surface area contributed by atoms with Crippen LogP contribution in [0.15, 0.2) is 0 Å². The van der Waals surface area contributed by atoms with Crippen LogP contribution in [0.1, 0.15) is 27.2 Å². The van der Waals surface area contributed by atoms with Crippen molar-refractivity contribution in [2.45, 2.75) is 27.2 Å². The van der Waals surface area contributed by atoms with Gasteiger partial charge in [0.1, 0.15) is 5.41 Å². The summed E-state index contributed by atoms with van der Waals surface area (Å²) in [6, 6.07) is 1.93. The van der Waals surface area contributed by atoms with Crippen molar-refractivity contribution < 1.29 is 14.3 Å². The fraction of sp³-hybridized carbons (Fsp3) is 0.727. The summed E-state index contributed by atoms with van der Waals surface area (Å²) in [6.45, 7) is 5.43. The molecule has 0 aliphatic heterocycles. The largest absolute Gasteiger partial charge is 0.466 e. The molecule has 0 heterocycles. The lowest BCUT2D eigenvalue weighted by atomic mass is 9.94. The maximum absolute atomic E-state index is 11.7. The molecule has 5 heteroatoms. The monoisotopic (exact) mass is 226 g/mol. The first-order chi connectivity index (χ1) is 7.35. The molecule has 0 fully saturated rings. The number of hydrogen-bond donors (Lipinski definition) is 0. The molecule has 0 N–H and O–H groups in total. The number of amides is 1. The van der Waals surface area contributed by atoms with Gasteiger partial charge < -0.3 is 9.64 Å². The van der Waals surface area contributed by atoms with Gasteiger partial charge in [-0.2, -0.15) is 5.26 Å². The van der Waals surface area contributed by atoms with Gasteiger partial charge in [-0.25, -0.2) is 0 Å². The van der Waals surface area contributed by atoms with E-state index in [-0.39, 0.29) is 24.8 Å². The van der Waals surface area contributed by atoms with Gasteiger partial charge in [-0.05, 0) is 20.8 Å². The fourth-order valence-corrected chi connectivity index (χ4v) is 1.12. The Hall–Kier alpha value is -1.57. The Morgan fingerprint density at radius 3 is 2.44 bits per heavy atom. The molecule has 90 valence electrons. The Kier molecular flexibility index (Phi) is 5.51. The second-order valence-corrected chi connectivity index (χ2v) is 4.02. The minimum Gasteiger partial charge on any atom is -0.466 e. The average molecular weight is 226 g/mol. The molecule has 5 nitrogen and oxygen atoms in total. The van der Waals surface area contributed by atoms with Crippen molar-refractivity contribution in [1.29, 1.82) is 5.26 Å². The van der Waals surface area contributed by atoms with Crippen molar-refractivity contribution in [2.24, 2.45) is 5.41 Å². The highest BCUT2D eigenvalue weighted by molar-refractivity contribution is 5.84. The highest BCUT2D eigenvalue weighted by atomic mass is 16.5. The molecule has 0 atom stereocenters. The Labute approximate surface area is 96.0 Å². The van der Waals surface area contributed by atoms with E-state index < -0.39 is 5.41 Å². The number of nitrogens with zero attached hydrogens (tertiary/aromatic N) is 2. The summed E-state index contributed by atoms with van der Waals surface area (Å²) >= 11 is 0. The molecule has 0 aromatic carbocycles. The summed E-state index contributed by atoms with van der Waals surface area (Å²) < 4.78 is 4.74. The topological polar surface area (TPSA) is 70.4 Å². The summed E-state index contributed by atoms with van der Waals surface area (Å²) in [6.07, 6.45) is 0.150. The van der Waals surface area contributed by atoms with Gasteiger partial charge in [0.05, 0.1) is 19.1 Å². The van der Waals surface area contributed by atoms with Crippen LogP contribution in [0.4, 0.5) is 0 Å². The molecule has 0 unspecified atom stereocenters. The molecule has 0 bridgehead atoms. The predicted molar refractivity (Wildman–Crippen MR) is 58.3 cm³/mol. The number of ether oxygens (including phenoxy) is 1. The lowest BCUT2D eigenvalue weighted by molar-refractivity contribution is -0.144. The fourth-order valence-electron chi connectivity index (χ4n) is 1.12. The number of hydrogen-bond acceptors (Lipinski definition) is 4. The van der Waals surface area contributed by atoms with Crippen molar-refractivity contribution >= 4 is 11.9 Å². The van der Waals surface area contributed by atoms with E-state index in [1.54, 1.807) is 27.8 Å². The molecular formula is C11H18N2O3. The van der Waals surface area contributed by atoms with E-state index >= 15 is 0 Å². The van der Waals surface area contributed by atoms with Crippen LogP contribution in [0.2, 0.25) is 0 Å². The maximum atomic E-state index is 11.7. The highest BCUT2D eigenvalue weighted by Gasteiger charge is 2.30. The van der Waals surface area contributed by atoms with Gasteiger partial charge >= 0.3 is 5.97 Å². The van der Waals surface area contributed by atoms with Crippen molar-refractivity contribution in [2.75, 3.05) is 20.2 Å². The van der Waals surface area contributed by atoms with Gasteiger partial charge in [-0.3, -0.25) is 9.59 Å². The molecule has 0 rings (SSSR count). The van der Waals surface area contributed by atoms with E-state index in [4.69, 9.17) is 10.00 Å². The van der Waals surface area contributed by atoms with E-state index in [0.29, 0.717) is 6.61 Å². The van der Waals surface area contributed by atoms with Crippen LogP contribution in [-0.4, -0.2) is 37.0 Å². The first kappa shape index (κ1) is 14.4. The second-order valence-electron chi connectivity index (χ2n) is 4.02. The molecule has 0 spiro atoms. The van der Waals surface area contributed by atoms with E-state index in [9.17, 15) is 9.59 Å². The summed E-state index contributed by atoms with van der Waals surface area (Å²) in [5.74, 6) is -0.629. The number of carbonyl (C=O) groups is 2. The molecule has 0 aliphatic carbocycles. The number of esters is 1. The van der Waals surface area contributed by atoms with Gasteiger partial charge in [0.2, 0.25) is 5.91 Å².